The van der Waals surface area contributed by atoms with Crippen LogP contribution in [0, 0.1) is 26.0 Å². The smallest absolute Gasteiger partial charge is 0 e. The standard InChI is InChI=1S/C17H20.C10H13.C7H7.CH4S.Es/c1-13-5-7-14(8-6-13)15-9-11-16(12-10-15)17(2,3)4;1-10(2,3)9-7-5-4-6-8-9;1-7-5-3-2-4-6-7;1-2;/h5-12H,1-4H3;5-8H,1-3H3;3-6H,1H3;2H,1H3;/q;2*-1;;. The van der Waals surface area contributed by atoms with E-state index in [0.29, 0.717) is 0 Å². The zero-order valence-corrected chi connectivity index (χ0v) is 27.4. The van der Waals surface area contributed by atoms with Gasteiger partial charge in [0.05, 0.1) is 0 Å². The molecule has 203 valence electrons. The maximum absolute atomic E-state index is 3.53. The van der Waals surface area contributed by atoms with Gasteiger partial charge in [0.2, 0.25) is 0 Å². The second-order valence-electron chi connectivity index (χ2n) is 10.8. The molecule has 0 nitrogen and oxygen atoms in total. The Bertz CT molecular complexity index is 1090. The van der Waals surface area contributed by atoms with Gasteiger partial charge < -0.3 is 0 Å². The molecule has 0 spiro atoms. The molecule has 0 atom stereocenters. The van der Waals surface area contributed by atoms with Gasteiger partial charge in [-0.2, -0.15) is 84.4 Å². The summed E-state index contributed by atoms with van der Waals surface area (Å²) in [5.41, 5.74) is 8.42. The van der Waals surface area contributed by atoms with Crippen LogP contribution < -0.4 is 0 Å². The molecule has 0 aromatic heterocycles. The van der Waals surface area contributed by atoms with Gasteiger partial charge in [-0.1, -0.05) is 103 Å². The van der Waals surface area contributed by atoms with E-state index in [1.807, 2.05) is 36.4 Å². The van der Waals surface area contributed by atoms with Crippen molar-refractivity contribution < 1.29 is 0 Å². The zero-order valence-electron chi connectivity index (χ0n) is 24.0. The van der Waals surface area contributed by atoms with E-state index in [1.165, 1.54) is 33.4 Å². The second-order valence-corrected chi connectivity index (χ2v) is 10.8. The fourth-order valence-corrected chi connectivity index (χ4v) is 3.27. The first kappa shape index (κ1) is 33.2. The largest absolute Gasteiger partial charge is 0.184 e. The van der Waals surface area contributed by atoms with Crippen LogP contribution in [-0.2, 0) is 10.8 Å². The Morgan fingerprint density at radius 2 is 0.757 bits per heavy atom. The summed E-state index contributed by atoms with van der Waals surface area (Å²) in [5.74, 6) is 0. The van der Waals surface area contributed by atoms with Gasteiger partial charge in [-0.25, -0.2) is 0 Å². The minimum absolute atomic E-state index is 0. The van der Waals surface area contributed by atoms with Crippen LogP contribution >= 0.6 is 12.6 Å². The predicted molar refractivity (Wildman–Crippen MR) is 164 cm³/mol. The van der Waals surface area contributed by atoms with E-state index in [2.05, 4.69) is 141 Å². The van der Waals surface area contributed by atoms with Gasteiger partial charge in [-0.05, 0) is 40.7 Å². The predicted octanol–water partition coefficient (Wildman–Crippen LogP) is 10.1. The summed E-state index contributed by atoms with van der Waals surface area (Å²) in [7, 11) is 0. The fraction of sp³-hybridized carbons (Fsp3) is 0.314. The monoisotopic (exact) mass is 748 g/mol. The number of aryl methyl sites for hydroxylation is 2. The summed E-state index contributed by atoms with van der Waals surface area (Å²) in [6.07, 6.45) is 1.69. The Morgan fingerprint density at radius 3 is 1.05 bits per heavy atom. The zero-order chi connectivity index (χ0) is 27.2. The third kappa shape index (κ3) is 12.7. The minimum Gasteiger partial charge on any atom is -0.184 e. The molecule has 0 heterocycles. The molecule has 0 amide bonds. The van der Waals surface area contributed by atoms with E-state index >= 15 is 0 Å². The molecule has 0 bridgehead atoms. The molecule has 0 unspecified atom stereocenters. The summed E-state index contributed by atoms with van der Waals surface area (Å²) >= 11 is 3.53. The molecule has 4 rings (SSSR count). The molecule has 0 aliphatic rings. The van der Waals surface area contributed by atoms with Crippen molar-refractivity contribution in [1.82, 2.24) is 0 Å². The topological polar surface area (TPSA) is 0 Å². The molecular formula is C35H44EsS-2. The number of benzene rings is 4. The maximum atomic E-state index is 3.53. The van der Waals surface area contributed by atoms with Crippen LogP contribution in [-0.4, -0.2) is 6.26 Å². The molecule has 0 aliphatic heterocycles. The van der Waals surface area contributed by atoms with Crippen molar-refractivity contribution >= 4 is 12.6 Å². The summed E-state index contributed by atoms with van der Waals surface area (Å²) in [6, 6.07) is 39.5. The van der Waals surface area contributed by atoms with Crippen molar-refractivity contribution in [2.45, 2.75) is 66.2 Å². The Balaban J connectivity index is 0.000000552. The van der Waals surface area contributed by atoms with Crippen molar-refractivity contribution in [2.24, 2.45) is 0 Å². The van der Waals surface area contributed by atoms with Crippen LogP contribution in [0.4, 0.5) is 0 Å². The van der Waals surface area contributed by atoms with Gasteiger partial charge >= 0.3 is 0 Å². The van der Waals surface area contributed by atoms with Crippen LogP contribution in [0.1, 0.15) is 63.8 Å². The number of thiol groups is 1. The third-order valence-corrected chi connectivity index (χ3v) is 5.60. The molecule has 4 aromatic carbocycles. The van der Waals surface area contributed by atoms with E-state index in [1.54, 1.807) is 6.26 Å². The number of rotatable bonds is 1. The van der Waals surface area contributed by atoms with E-state index < -0.39 is 0 Å². The van der Waals surface area contributed by atoms with Gasteiger partial charge in [0.25, 0.3) is 0 Å². The first-order valence-electron chi connectivity index (χ1n) is 12.5. The quantitative estimate of drug-likeness (QED) is 0.146. The molecule has 1 radical (unpaired) electrons. The van der Waals surface area contributed by atoms with Crippen molar-refractivity contribution in [3.05, 3.63) is 131 Å². The number of hydrogen-bond acceptors (Lipinski definition) is 1. The number of hydrogen-bond donors (Lipinski definition) is 1. The SMILES string of the molecule is CC(C)(C)c1cc[c-]cc1.CS.Cc1cc[c-]cc1.Cc1ccc(-c2ccc(C(C)(C)C)cc2)cc1.[Es]. The molecule has 37 heavy (non-hydrogen) atoms. The second kappa shape index (κ2) is 16.1. The fourth-order valence-electron chi connectivity index (χ4n) is 3.27. The van der Waals surface area contributed by atoms with Crippen molar-refractivity contribution in [1.29, 1.82) is 0 Å². The molecule has 0 saturated carbocycles. The van der Waals surface area contributed by atoms with E-state index in [4.69, 9.17) is 0 Å². The van der Waals surface area contributed by atoms with Crippen LogP contribution in [0.3, 0.4) is 0 Å². The van der Waals surface area contributed by atoms with Crippen LogP contribution in [0.25, 0.3) is 11.1 Å². The van der Waals surface area contributed by atoms with Gasteiger partial charge in [0, 0.05) is 0 Å². The first-order valence-corrected chi connectivity index (χ1v) is 13.4. The summed E-state index contributed by atoms with van der Waals surface area (Å²) < 4.78 is 0. The van der Waals surface area contributed by atoms with E-state index in [0.717, 1.165) is 0 Å². The summed E-state index contributed by atoms with van der Waals surface area (Å²) in [6.45, 7) is 17.5. The van der Waals surface area contributed by atoms with Gasteiger partial charge in [-0.15, -0.1) is 0 Å². The van der Waals surface area contributed by atoms with Gasteiger partial charge in [0.1, 0.15) is 0 Å². The Hall–Kier alpha value is -3.77. The average molecular weight is 749 g/mol. The summed E-state index contributed by atoms with van der Waals surface area (Å²) in [4.78, 5) is 0. The molecule has 4 aromatic rings. The first-order chi connectivity index (χ1) is 17.0. The van der Waals surface area contributed by atoms with E-state index in [-0.39, 0.29) is 10.8 Å². The molecule has 0 fully saturated rings. The molecular weight excluding hydrogens is 704 g/mol. The van der Waals surface area contributed by atoms with Gasteiger partial charge in [0.15, 0.2) is 0 Å². The molecule has 0 saturated heterocycles. The van der Waals surface area contributed by atoms with Crippen LogP contribution in [0.2, 0.25) is 0 Å². The Labute approximate surface area is 227 Å². The average Bonchev–Trinajstić information content (AvgIpc) is 2.87. The van der Waals surface area contributed by atoms with E-state index in [9.17, 15) is 0 Å². The van der Waals surface area contributed by atoms with Crippen molar-refractivity contribution in [2.75, 3.05) is 6.26 Å². The Morgan fingerprint density at radius 1 is 0.459 bits per heavy atom. The van der Waals surface area contributed by atoms with Crippen LogP contribution in [0.5, 0.6) is 0 Å². The molecule has 0 N–H and O–H groups in total. The third-order valence-electron chi connectivity index (χ3n) is 5.60. The minimum atomic E-state index is 0. The van der Waals surface area contributed by atoms with Gasteiger partial charge in [-0.3, -0.25) is 0 Å². The van der Waals surface area contributed by atoms with Crippen molar-refractivity contribution in [3.8, 4) is 11.1 Å². The molecule has 0 aliphatic carbocycles. The normalized spacial score (nSPS) is 10.2. The molecule has 2 heteroatoms. The Kier molecular flexibility index (Phi) is 14.4. The summed E-state index contributed by atoms with van der Waals surface area (Å²) in [5, 5.41) is 0. The van der Waals surface area contributed by atoms with Crippen molar-refractivity contribution in [3.63, 3.8) is 0 Å². The maximum Gasteiger partial charge on any atom is 0 e. The van der Waals surface area contributed by atoms with Crippen LogP contribution in [0.15, 0.2) is 97.1 Å².